The number of piperidine rings is 3. The number of amides is 1. The Bertz CT molecular complexity index is 3650. The summed E-state index contributed by atoms with van der Waals surface area (Å²) in [6.07, 6.45) is 25.9. The van der Waals surface area contributed by atoms with E-state index in [1.165, 1.54) is 42.1 Å². The first-order valence-electron chi connectivity index (χ1n) is 29.8. The number of nitrogens with zero attached hydrogens (tertiary/aromatic N) is 8. The summed E-state index contributed by atoms with van der Waals surface area (Å²) in [5.41, 5.74) is 0.974. The molecule has 14 rings (SSSR count). The minimum atomic E-state index is -3.46. The lowest BCUT2D eigenvalue weighted by Crippen LogP contribution is -2.49. The first kappa shape index (κ1) is 61.2. The number of pyridine rings is 4. The number of rotatable bonds is 4. The van der Waals surface area contributed by atoms with E-state index in [2.05, 4.69) is 35.6 Å². The highest BCUT2D eigenvalue weighted by Gasteiger charge is 2.41. The third-order valence-electron chi connectivity index (χ3n) is 17.0. The van der Waals surface area contributed by atoms with E-state index in [0.717, 1.165) is 89.3 Å². The highest BCUT2D eigenvalue weighted by molar-refractivity contribution is 7.89. The van der Waals surface area contributed by atoms with Crippen LogP contribution in [-0.4, -0.2) is 148 Å². The molecule has 0 spiro atoms. The SMILES string of the molecule is CC(C)(C)OC(=O)N1CCC2CCNCC21.CC(C)(C)OC(=O)n1ccc2ccncc21.O=S(=O)(c1cccc2cnccc12)N1CCC2CCCC2C1.O=S(=O)(c1cccc2cnccc12)N1CCC2CCNC2C1.c1cc2cc[nH]c2cn1. The lowest BCUT2D eigenvalue weighted by Gasteiger charge is -2.34. The Labute approximate surface area is 499 Å². The van der Waals surface area contributed by atoms with E-state index in [4.69, 9.17) is 9.47 Å². The zero-order valence-corrected chi connectivity index (χ0v) is 51.3. The minimum Gasteiger partial charge on any atom is -0.444 e. The largest absolute Gasteiger partial charge is 0.444 e. The number of hydrogen-bond acceptors (Lipinski definition) is 14. The van der Waals surface area contributed by atoms with Crippen LogP contribution in [0.4, 0.5) is 9.59 Å². The maximum atomic E-state index is 13.1. The van der Waals surface area contributed by atoms with Gasteiger partial charge in [-0.05, 0) is 165 Å². The molecule has 6 unspecified atom stereocenters. The van der Waals surface area contributed by atoms with Gasteiger partial charge in [0.05, 0.1) is 39.3 Å². The van der Waals surface area contributed by atoms with Crippen molar-refractivity contribution in [2.45, 2.75) is 126 Å². The van der Waals surface area contributed by atoms with Crippen LogP contribution in [0, 0.1) is 23.7 Å². The molecule has 452 valence electrons. The summed E-state index contributed by atoms with van der Waals surface area (Å²) in [7, 11) is -6.88. The van der Waals surface area contributed by atoms with Gasteiger partial charge in [-0.25, -0.2) is 26.4 Å². The van der Waals surface area contributed by atoms with Gasteiger partial charge in [-0.3, -0.25) is 24.5 Å². The molecule has 0 bridgehead atoms. The van der Waals surface area contributed by atoms with Crippen LogP contribution in [0.1, 0.15) is 92.9 Å². The zero-order chi connectivity index (χ0) is 59.9. The molecule has 5 saturated heterocycles. The number of nitrogens with one attached hydrogen (secondary N) is 3. The van der Waals surface area contributed by atoms with Gasteiger partial charge in [-0.1, -0.05) is 37.1 Å². The van der Waals surface area contributed by atoms with Gasteiger partial charge in [-0.2, -0.15) is 8.61 Å². The Morgan fingerprint density at radius 3 is 1.80 bits per heavy atom. The Kier molecular flexibility index (Phi) is 19.0. The van der Waals surface area contributed by atoms with Crippen molar-refractivity contribution in [2.24, 2.45) is 23.7 Å². The quantitative estimate of drug-likeness (QED) is 0.149. The molecule has 5 aliphatic heterocycles. The average Bonchev–Trinajstić information content (AvgIpc) is 2.38. The smallest absolute Gasteiger partial charge is 0.419 e. The highest BCUT2D eigenvalue weighted by Crippen LogP contribution is 2.40. The van der Waals surface area contributed by atoms with Crippen LogP contribution in [0.25, 0.3) is 43.4 Å². The molecule has 0 radical (unpaired) electrons. The first-order valence-corrected chi connectivity index (χ1v) is 32.7. The van der Waals surface area contributed by atoms with Crippen LogP contribution in [-0.2, 0) is 29.5 Å². The lowest BCUT2D eigenvalue weighted by atomic mass is 9.90. The van der Waals surface area contributed by atoms with Gasteiger partial charge in [0, 0.05) is 127 Å². The van der Waals surface area contributed by atoms with E-state index in [0.29, 0.717) is 65.8 Å². The summed E-state index contributed by atoms with van der Waals surface area (Å²) < 4.78 is 67.9. The first-order chi connectivity index (χ1) is 40.7. The van der Waals surface area contributed by atoms with E-state index in [-0.39, 0.29) is 12.2 Å². The van der Waals surface area contributed by atoms with E-state index >= 15 is 0 Å². The van der Waals surface area contributed by atoms with Crippen LogP contribution >= 0.6 is 0 Å². The number of aromatic nitrogens is 6. The molecule has 6 atom stereocenters. The van der Waals surface area contributed by atoms with E-state index < -0.39 is 31.2 Å². The Balaban J connectivity index is 0.000000121. The van der Waals surface area contributed by atoms with Gasteiger partial charge in [0.25, 0.3) is 0 Å². The standard InChI is InChI=1S/C17H20N2O2S.C16H19N3O2S.C12H22N2O2.C12H14N2O2.C7H6N2/c20-22(21,19-10-8-13-3-1-5-15(13)12-19)17-6-2-4-14-11-18-9-7-16(14)17;20-22(21,19-9-6-12-4-8-18-15(12)11-19)16-3-1-2-13-10-17-7-5-14(13)16;2*1-12(2,3)16-11(15)14-7-5-9-4-6-13-8-10(9)14;1-3-8-5-7-6(1)2-4-9-7/h2,4,6-7,9,11,13,15H,1,3,5,8,10,12H2;1-3,5,7,10,12,15,18H,4,6,8-9,11H2;9-10,13H,4-8H2,1-3H3;4-8H,1-3H3;1-5,9H. The van der Waals surface area contributed by atoms with Gasteiger partial charge < -0.3 is 30.0 Å². The normalized spacial score (nSPS) is 22.5. The van der Waals surface area contributed by atoms with Gasteiger partial charge in [0.15, 0.2) is 0 Å². The molecule has 1 amide bonds. The van der Waals surface area contributed by atoms with Crippen LogP contribution < -0.4 is 10.6 Å². The zero-order valence-electron chi connectivity index (χ0n) is 49.6. The maximum absolute atomic E-state index is 13.1. The second-order valence-corrected chi connectivity index (χ2v) is 28.7. The van der Waals surface area contributed by atoms with Crippen LogP contribution in [0.15, 0.2) is 145 Å². The summed E-state index contributed by atoms with van der Waals surface area (Å²) in [5.74, 6) is 2.60. The summed E-state index contributed by atoms with van der Waals surface area (Å²) in [6, 6.07) is 22.8. The number of carbonyl (C=O) groups is 2. The van der Waals surface area contributed by atoms with Crippen LogP contribution in [0.5, 0.6) is 0 Å². The van der Waals surface area contributed by atoms with Crippen molar-refractivity contribution in [2.75, 3.05) is 52.4 Å². The fourth-order valence-electron chi connectivity index (χ4n) is 12.7. The van der Waals surface area contributed by atoms with Crippen molar-refractivity contribution in [3.05, 3.63) is 135 Å². The molecule has 21 heteroatoms. The molecule has 8 aromatic rings. The Morgan fingerprint density at radius 1 is 0.553 bits per heavy atom. The molecular weight excluding hydrogens is 1110 g/mol. The van der Waals surface area contributed by atoms with Gasteiger partial charge in [0.1, 0.15) is 11.2 Å². The molecule has 6 aliphatic rings. The summed E-state index contributed by atoms with van der Waals surface area (Å²) in [6.45, 7) is 17.7. The molecule has 1 aliphatic carbocycles. The fraction of sp³-hybridized carbons (Fsp3) is 0.469. The lowest BCUT2D eigenvalue weighted by molar-refractivity contribution is 0.0194. The van der Waals surface area contributed by atoms with Crippen LogP contribution in [0.2, 0.25) is 0 Å². The van der Waals surface area contributed by atoms with E-state index in [1.54, 1.807) is 94.6 Å². The Hall–Kier alpha value is -6.88. The van der Waals surface area contributed by atoms with Gasteiger partial charge in [0.2, 0.25) is 20.0 Å². The molecule has 19 nitrogen and oxygen atoms in total. The summed E-state index contributed by atoms with van der Waals surface area (Å²) in [4.78, 5) is 45.7. The molecule has 6 aromatic heterocycles. The monoisotopic (exact) mass is 1200 g/mol. The number of fused-ring (bicyclic) bond motifs is 7. The highest BCUT2D eigenvalue weighted by atomic mass is 32.2. The van der Waals surface area contributed by atoms with E-state index in [1.807, 2.05) is 95.2 Å². The topological polar surface area (TPSA) is 227 Å². The van der Waals surface area contributed by atoms with E-state index in [9.17, 15) is 26.4 Å². The van der Waals surface area contributed by atoms with Crippen molar-refractivity contribution in [3.8, 4) is 0 Å². The number of benzene rings is 2. The molecule has 85 heavy (non-hydrogen) atoms. The number of H-pyrrole nitrogens is 1. The number of aromatic amines is 1. The molecule has 2 aromatic carbocycles. The molecule has 1 saturated carbocycles. The molecule has 3 N–H and O–H groups in total. The maximum Gasteiger partial charge on any atom is 0.419 e. The second kappa shape index (κ2) is 26.4. The molecule has 6 fully saturated rings. The average molecular weight is 1200 g/mol. The second-order valence-electron chi connectivity index (χ2n) is 24.9. The molecular formula is C64H81N11O8S2. The number of likely N-dealkylation sites (tertiary alicyclic amines) is 1. The summed E-state index contributed by atoms with van der Waals surface area (Å²) >= 11 is 0. The predicted octanol–water partition coefficient (Wildman–Crippen LogP) is 10.6. The third kappa shape index (κ3) is 14.7. The fourth-order valence-corrected chi connectivity index (χ4v) is 16.1. The van der Waals surface area contributed by atoms with Crippen LogP contribution in [0.3, 0.4) is 0 Å². The summed E-state index contributed by atoms with van der Waals surface area (Å²) in [5, 5.41) is 12.2. The minimum absolute atomic E-state index is 0.149. The third-order valence-corrected chi connectivity index (χ3v) is 20.8. The van der Waals surface area contributed by atoms with Crippen molar-refractivity contribution < 1.29 is 35.9 Å². The van der Waals surface area contributed by atoms with Crippen molar-refractivity contribution in [3.63, 3.8) is 0 Å². The number of sulfonamides is 2. The van der Waals surface area contributed by atoms with Gasteiger partial charge in [-0.15, -0.1) is 0 Å². The molecule has 11 heterocycles. The van der Waals surface area contributed by atoms with Gasteiger partial charge >= 0.3 is 12.2 Å². The van der Waals surface area contributed by atoms with Crippen molar-refractivity contribution in [1.82, 2.24) is 53.6 Å². The number of carbonyl (C=O) groups excluding carboxylic acids is 2. The van der Waals surface area contributed by atoms with Crippen molar-refractivity contribution >= 4 is 75.6 Å². The predicted molar refractivity (Wildman–Crippen MR) is 331 cm³/mol. The Morgan fingerprint density at radius 2 is 1.13 bits per heavy atom. The van der Waals surface area contributed by atoms with Crippen molar-refractivity contribution in [1.29, 1.82) is 0 Å². The number of hydrogen-bond donors (Lipinski definition) is 3. The number of ether oxygens (including phenoxy) is 2.